The number of rotatable bonds is 16. The van der Waals surface area contributed by atoms with Crippen LogP contribution in [0.4, 0.5) is 22.4 Å². The third-order valence-electron chi connectivity index (χ3n) is 6.80. The molecule has 1 aliphatic rings. The smallest absolute Gasteiger partial charge is 0.431 e. The predicted molar refractivity (Wildman–Crippen MR) is 160 cm³/mol. The molecule has 2 aromatic carbocycles. The maximum atomic E-state index is 14.1. The Labute approximate surface area is 268 Å². The average Bonchev–Trinajstić information content (AvgIpc) is 3.04. The van der Waals surface area contributed by atoms with Gasteiger partial charge in [-0.15, -0.1) is 0 Å². The highest BCUT2D eigenvalue weighted by Gasteiger charge is 2.47. The van der Waals surface area contributed by atoms with Gasteiger partial charge in [0.15, 0.2) is 0 Å². The van der Waals surface area contributed by atoms with Gasteiger partial charge in [0.25, 0.3) is 0 Å². The van der Waals surface area contributed by atoms with Gasteiger partial charge in [-0.25, -0.2) is 18.8 Å². The molecular formula is C32H37F4N3O8. The molecule has 1 amide bonds. The van der Waals surface area contributed by atoms with Crippen LogP contribution in [0, 0.1) is 5.82 Å². The average molecular weight is 668 g/mol. The Morgan fingerprint density at radius 3 is 2.32 bits per heavy atom. The molecule has 0 bridgehead atoms. The first-order chi connectivity index (χ1) is 22.4. The Morgan fingerprint density at radius 1 is 0.957 bits per heavy atom. The molecule has 0 fully saturated rings. The summed E-state index contributed by atoms with van der Waals surface area (Å²) < 4.78 is 76.4. The molecule has 2 atom stereocenters. The van der Waals surface area contributed by atoms with Gasteiger partial charge in [-0.05, 0) is 49.6 Å². The third kappa shape index (κ3) is 11.3. The lowest BCUT2D eigenvalue weighted by Crippen LogP contribution is -2.38. The van der Waals surface area contributed by atoms with E-state index in [2.05, 4.69) is 20.7 Å². The van der Waals surface area contributed by atoms with Crippen LogP contribution in [0.2, 0.25) is 0 Å². The molecule has 2 aromatic rings. The minimum atomic E-state index is -5.02. The molecule has 11 nitrogen and oxygen atoms in total. The van der Waals surface area contributed by atoms with Crippen LogP contribution in [-0.4, -0.2) is 82.0 Å². The standard InChI is InChI=1S/C32H37F4N3O8/c1-20-25(26(21-9-8-10-22(33)17-21)27(29(41)44-2)28(39-20)32(34,35)36)30(42)45-15-6-7-16-46-31(43)38-14-13-37-18-23(40)19-47-24-11-4-3-5-12-24/h3-5,8-12,17,23,26,37,39-40H,6-7,13-16,18-19H2,1-2H3,(H,38,43). The van der Waals surface area contributed by atoms with Gasteiger partial charge in [0.1, 0.15) is 30.0 Å². The molecule has 1 heterocycles. The number of amides is 1. The number of para-hydroxylation sites is 1. The number of esters is 2. The topological polar surface area (TPSA) is 144 Å². The molecule has 2 unspecified atom stereocenters. The van der Waals surface area contributed by atoms with Gasteiger partial charge < -0.3 is 40.0 Å². The highest BCUT2D eigenvalue weighted by atomic mass is 19.4. The zero-order chi connectivity index (χ0) is 34.4. The summed E-state index contributed by atoms with van der Waals surface area (Å²) >= 11 is 0. The summed E-state index contributed by atoms with van der Waals surface area (Å²) in [7, 11) is 0.894. The molecule has 0 aliphatic carbocycles. The molecule has 3 rings (SSSR count). The van der Waals surface area contributed by atoms with Crippen LogP contribution >= 0.6 is 0 Å². The Hall–Kier alpha value is -4.63. The summed E-state index contributed by atoms with van der Waals surface area (Å²) in [4.78, 5) is 37.7. The molecule has 47 heavy (non-hydrogen) atoms. The molecule has 4 N–H and O–H groups in total. The SMILES string of the molecule is COC(=O)C1=C(C(F)(F)F)NC(C)=C(C(=O)OCCCCOC(=O)NCCNCC(O)COc2ccccc2)C1c1cccc(F)c1. The van der Waals surface area contributed by atoms with Gasteiger partial charge in [-0.2, -0.15) is 13.2 Å². The van der Waals surface area contributed by atoms with Crippen molar-refractivity contribution >= 4 is 18.0 Å². The Morgan fingerprint density at radius 2 is 1.66 bits per heavy atom. The zero-order valence-electron chi connectivity index (χ0n) is 25.8. The van der Waals surface area contributed by atoms with E-state index in [9.17, 15) is 37.1 Å². The minimum Gasteiger partial charge on any atom is -0.491 e. The Kier molecular flexibility index (Phi) is 14.0. The molecule has 0 saturated heterocycles. The number of aliphatic hydroxyl groups is 1. The van der Waals surface area contributed by atoms with E-state index in [1.165, 1.54) is 19.1 Å². The molecule has 0 aromatic heterocycles. The van der Waals surface area contributed by atoms with Crippen LogP contribution in [0.3, 0.4) is 0 Å². The second kappa shape index (κ2) is 17.9. The van der Waals surface area contributed by atoms with Crippen molar-refractivity contribution in [2.24, 2.45) is 0 Å². The normalized spacial score (nSPS) is 15.4. The van der Waals surface area contributed by atoms with Gasteiger partial charge in [-0.1, -0.05) is 30.3 Å². The highest BCUT2D eigenvalue weighted by Crippen LogP contribution is 2.43. The second-order valence-electron chi connectivity index (χ2n) is 10.3. The van der Waals surface area contributed by atoms with E-state index in [4.69, 9.17) is 14.2 Å². The van der Waals surface area contributed by atoms with Crippen molar-refractivity contribution in [1.29, 1.82) is 0 Å². The van der Waals surface area contributed by atoms with E-state index >= 15 is 0 Å². The Balaban J connectivity index is 1.43. The summed E-state index contributed by atoms with van der Waals surface area (Å²) in [6.45, 7) is 1.98. The van der Waals surface area contributed by atoms with E-state index in [1.54, 1.807) is 12.1 Å². The van der Waals surface area contributed by atoms with E-state index in [-0.39, 0.29) is 56.2 Å². The fraction of sp³-hybridized carbons (Fsp3) is 0.406. The molecule has 256 valence electrons. The van der Waals surface area contributed by atoms with Gasteiger partial charge in [0.05, 0.1) is 37.4 Å². The maximum absolute atomic E-state index is 14.1. The molecule has 0 radical (unpaired) electrons. The number of alkyl carbamates (subject to hydrolysis) is 1. The van der Waals surface area contributed by atoms with Crippen LogP contribution in [0.25, 0.3) is 0 Å². The third-order valence-corrected chi connectivity index (χ3v) is 6.80. The molecule has 0 spiro atoms. The summed E-state index contributed by atoms with van der Waals surface area (Å²) in [5.41, 5.74) is -2.96. The van der Waals surface area contributed by atoms with Crippen LogP contribution in [0.5, 0.6) is 5.75 Å². The van der Waals surface area contributed by atoms with Crippen molar-refractivity contribution in [2.75, 3.05) is 46.6 Å². The lowest BCUT2D eigenvalue weighted by Gasteiger charge is -2.32. The number of unbranched alkanes of at least 4 members (excludes halogenated alkanes) is 1. The summed E-state index contributed by atoms with van der Waals surface area (Å²) in [5, 5.41) is 17.6. The number of aliphatic hydroxyl groups excluding tert-OH is 1. The molecule has 15 heteroatoms. The zero-order valence-corrected chi connectivity index (χ0v) is 25.8. The number of dihydropyridines is 1. The molecular weight excluding hydrogens is 630 g/mol. The van der Waals surface area contributed by atoms with Crippen LogP contribution < -0.4 is 20.7 Å². The maximum Gasteiger partial charge on any atom is 0.431 e. The van der Waals surface area contributed by atoms with E-state index in [0.29, 0.717) is 18.7 Å². The second-order valence-corrected chi connectivity index (χ2v) is 10.3. The number of carbonyl (C=O) groups is 3. The number of allylic oxidation sites excluding steroid dienone is 2. The number of hydrogen-bond donors (Lipinski definition) is 4. The van der Waals surface area contributed by atoms with Crippen LogP contribution in [0.15, 0.2) is 77.1 Å². The number of hydrogen-bond acceptors (Lipinski definition) is 10. The number of ether oxygens (including phenoxy) is 4. The minimum absolute atomic E-state index is 0.00822. The van der Waals surface area contributed by atoms with Gasteiger partial charge in [0.2, 0.25) is 0 Å². The van der Waals surface area contributed by atoms with Crippen molar-refractivity contribution in [3.8, 4) is 5.75 Å². The first kappa shape index (κ1) is 36.8. The number of carbonyl (C=O) groups excluding carboxylic acids is 3. The molecule has 1 aliphatic heterocycles. The first-order valence-corrected chi connectivity index (χ1v) is 14.7. The first-order valence-electron chi connectivity index (χ1n) is 14.7. The van der Waals surface area contributed by atoms with Crippen LogP contribution in [-0.2, 0) is 23.8 Å². The Bertz CT molecular complexity index is 1430. The number of halogens is 4. The van der Waals surface area contributed by atoms with Crippen LogP contribution in [0.1, 0.15) is 31.2 Å². The van der Waals surface area contributed by atoms with Gasteiger partial charge in [0, 0.05) is 25.3 Å². The summed E-state index contributed by atoms with van der Waals surface area (Å²) in [5.74, 6) is -4.14. The quantitative estimate of drug-likeness (QED) is 0.0902. The van der Waals surface area contributed by atoms with Crippen molar-refractivity contribution in [2.45, 2.75) is 38.0 Å². The number of benzene rings is 2. The fourth-order valence-electron chi connectivity index (χ4n) is 4.62. The summed E-state index contributed by atoms with van der Waals surface area (Å²) in [6, 6.07) is 13.6. The van der Waals surface area contributed by atoms with Crippen molar-refractivity contribution < 1.29 is 56.0 Å². The molecule has 0 saturated carbocycles. The fourth-order valence-corrected chi connectivity index (χ4v) is 4.62. The largest absolute Gasteiger partial charge is 0.491 e. The number of methoxy groups -OCH3 is 1. The van der Waals surface area contributed by atoms with Crippen molar-refractivity contribution in [1.82, 2.24) is 16.0 Å². The van der Waals surface area contributed by atoms with Gasteiger partial charge >= 0.3 is 24.2 Å². The van der Waals surface area contributed by atoms with E-state index < -0.39 is 53.3 Å². The predicted octanol–water partition coefficient (Wildman–Crippen LogP) is 3.86. The highest BCUT2D eigenvalue weighted by molar-refractivity contribution is 6.00. The number of alkyl halides is 3. The van der Waals surface area contributed by atoms with Crippen molar-refractivity contribution in [3.05, 3.63) is 88.5 Å². The lowest BCUT2D eigenvalue weighted by atomic mass is 9.80. The monoisotopic (exact) mass is 667 g/mol. The lowest BCUT2D eigenvalue weighted by molar-refractivity contribution is -0.140. The van der Waals surface area contributed by atoms with E-state index in [0.717, 1.165) is 19.2 Å². The van der Waals surface area contributed by atoms with E-state index in [1.807, 2.05) is 18.2 Å². The van der Waals surface area contributed by atoms with Crippen molar-refractivity contribution in [3.63, 3.8) is 0 Å². The van der Waals surface area contributed by atoms with Gasteiger partial charge in [-0.3, -0.25) is 0 Å². The number of nitrogens with one attached hydrogen (secondary N) is 3. The summed E-state index contributed by atoms with van der Waals surface area (Å²) in [6.07, 6.45) is -5.91.